The number of para-hydroxylation sites is 1. The summed E-state index contributed by atoms with van der Waals surface area (Å²) in [5, 5.41) is 12.5. The molecule has 0 saturated heterocycles. The van der Waals surface area contributed by atoms with Gasteiger partial charge in [0.25, 0.3) is 0 Å². The van der Waals surface area contributed by atoms with Gasteiger partial charge in [0.2, 0.25) is 5.91 Å². The molecule has 5 nitrogen and oxygen atoms in total. The molecule has 1 aromatic carbocycles. The van der Waals surface area contributed by atoms with E-state index in [4.69, 9.17) is 21.4 Å². The molecule has 0 radical (unpaired) electrons. The molecule has 1 heterocycles. The smallest absolute Gasteiger partial charge is 0.319 e. The zero-order valence-electron chi connectivity index (χ0n) is 10.7. The van der Waals surface area contributed by atoms with Crippen LogP contribution in [0.2, 0.25) is 5.02 Å². The van der Waals surface area contributed by atoms with Gasteiger partial charge in [-0.2, -0.15) is 0 Å². The molecule has 1 atom stereocenters. The van der Waals surface area contributed by atoms with Crippen LogP contribution >= 0.6 is 11.6 Å². The molecule has 1 saturated carbocycles. The molecule has 1 aromatic rings. The fourth-order valence-corrected chi connectivity index (χ4v) is 2.73. The molecule has 2 N–H and O–H groups in total. The quantitative estimate of drug-likeness (QED) is 0.838. The molecule has 1 aliphatic carbocycles. The minimum absolute atomic E-state index is 0.248. The highest BCUT2D eigenvalue weighted by molar-refractivity contribution is 6.32. The molecule has 1 unspecified atom stereocenters. The van der Waals surface area contributed by atoms with Crippen molar-refractivity contribution in [3.63, 3.8) is 0 Å². The fourth-order valence-electron chi connectivity index (χ4n) is 2.50. The number of amides is 1. The first-order valence-electron chi connectivity index (χ1n) is 6.50. The number of benzene rings is 1. The van der Waals surface area contributed by atoms with Gasteiger partial charge in [-0.25, -0.2) is 0 Å². The highest BCUT2D eigenvalue weighted by Gasteiger charge is 2.57. The summed E-state index contributed by atoms with van der Waals surface area (Å²) in [6.07, 6.45) is 1.41. The lowest BCUT2D eigenvalue weighted by atomic mass is 9.98. The van der Waals surface area contributed by atoms with E-state index in [9.17, 15) is 9.59 Å². The summed E-state index contributed by atoms with van der Waals surface area (Å²) in [6.45, 7) is 0.446. The fraction of sp³-hybridized carbons (Fsp3) is 0.429. The van der Waals surface area contributed by atoms with Crippen molar-refractivity contribution >= 4 is 23.5 Å². The van der Waals surface area contributed by atoms with Crippen LogP contribution in [-0.2, 0) is 9.59 Å². The molecule has 106 valence electrons. The van der Waals surface area contributed by atoms with Gasteiger partial charge in [-0.15, -0.1) is 0 Å². The first-order chi connectivity index (χ1) is 9.54. The second kappa shape index (κ2) is 4.66. The van der Waals surface area contributed by atoms with E-state index in [0.717, 1.165) is 5.56 Å². The van der Waals surface area contributed by atoms with Crippen molar-refractivity contribution in [2.75, 3.05) is 6.61 Å². The number of halogens is 1. The summed E-state index contributed by atoms with van der Waals surface area (Å²) in [7, 11) is 0. The minimum Gasteiger partial charge on any atom is -0.492 e. The molecule has 3 rings (SSSR count). The summed E-state index contributed by atoms with van der Waals surface area (Å²) < 4.78 is 5.52. The van der Waals surface area contributed by atoms with Crippen LogP contribution in [0, 0.1) is 5.41 Å². The lowest BCUT2D eigenvalue weighted by Gasteiger charge is -2.28. The Morgan fingerprint density at radius 3 is 2.80 bits per heavy atom. The zero-order chi connectivity index (χ0) is 14.3. The lowest BCUT2D eigenvalue weighted by molar-refractivity contribution is -0.149. The number of ether oxygens (including phenoxy) is 1. The first kappa shape index (κ1) is 13.2. The number of aliphatic carboxylic acids is 1. The Labute approximate surface area is 120 Å². The van der Waals surface area contributed by atoms with Gasteiger partial charge in [-0.3, -0.25) is 9.59 Å². The summed E-state index contributed by atoms with van der Waals surface area (Å²) in [5.74, 6) is -0.887. The van der Waals surface area contributed by atoms with Crippen molar-refractivity contribution in [2.24, 2.45) is 5.41 Å². The zero-order valence-corrected chi connectivity index (χ0v) is 11.4. The van der Waals surface area contributed by atoms with E-state index in [1.807, 2.05) is 6.07 Å². The monoisotopic (exact) mass is 295 g/mol. The number of nitrogens with one attached hydrogen (secondary N) is 1. The van der Waals surface area contributed by atoms with Crippen molar-refractivity contribution in [3.8, 4) is 5.75 Å². The predicted molar refractivity (Wildman–Crippen MR) is 71.8 cm³/mol. The Balaban J connectivity index is 1.82. The van der Waals surface area contributed by atoms with Crippen LogP contribution < -0.4 is 10.1 Å². The van der Waals surface area contributed by atoms with Gasteiger partial charge in [0.1, 0.15) is 11.2 Å². The van der Waals surface area contributed by atoms with Gasteiger partial charge < -0.3 is 15.2 Å². The van der Waals surface area contributed by atoms with Gasteiger partial charge >= 0.3 is 5.97 Å². The topological polar surface area (TPSA) is 75.6 Å². The number of hydrogen-bond acceptors (Lipinski definition) is 3. The molecule has 20 heavy (non-hydrogen) atoms. The Morgan fingerprint density at radius 2 is 2.15 bits per heavy atom. The molecular formula is C14H14ClNO4. The van der Waals surface area contributed by atoms with Crippen molar-refractivity contribution in [1.82, 2.24) is 5.32 Å². The number of carboxylic acids is 1. The molecule has 6 heteroatoms. The largest absolute Gasteiger partial charge is 0.492 e. The van der Waals surface area contributed by atoms with E-state index >= 15 is 0 Å². The van der Waals surface area contributed by atoms with Gasteiger partial charge in [0.05, 0.1) is 17.7 Å². The molecular weight excluding hydrogens is 282 g/mol. The molecule has 1 amide bonds. The van der Waals surface area contributed by atoms with Crippen molar-refractivity contribution in [3.05, 3.63) is 28.8 Å². The number of fused-ring (bicyclic) bond motifs is 1. The average molecular weight is 296 g/mol. The lowest BCUT2D eigenvalue weighted by Crippen LogP contribution is -2.40. The number of carbonyl (C=O) groups is 2. The van der Waals surface area contributed by atoms with Gasteiger partial charge in [-0.1, -0.05) is 23.7 Å². The number of carboxylic acid groups (broad SMARTS) is 1. The van der Waals surface area contributed by atoms with Crippen LogP contribution in [0.15, 0.2) is 18.2 Å². The maximum atomic E-state index is 12.2. The summed E-state index contributed by atoms with van der Waals surface area (Å²) in [4.78, 5) is 23.3. The summed E-state index contributed by atoms with van der Waals surface area (Å²) >= 11 is 6.06. The van der Waals surface area contributed by atoms with E-state index in [0.29, 0.717) is 36.6 Å². The van der Waals surface area contributed by atoms with Crippen LogP contribution in [0.1, 0.15) is 30.9 Å². The molecule has 2 aliphatic rings. The average Bonchev–Trinajstić information content (AvgIpc) is 3.21. The normalized spacial score (nSPS) is 22.4. The van der Waals surface area contributed by atoms with E-state index in [2.05, 4.69) is 5.32 Å². The van der Waals surface area contributed by atoms with Crippen molar-refractivity contribution < 1.29 is 19.4 Å². The highest BCUT2D eigenvalue weighted by atomic mass is 35.5. The van der Waals surface area contributed by atoms with Crippen LogP contribution in [0.25, 0.3) is 0 Å². The molecule has 0 spiro atoms. The summed E-state index contributed by atoms with van der Waals surface area (Å²) in [6, 6.07) is 5.11. The van der Waals surface area contributed by atoms with Gasteiger partial charge in [0.15, 0.2) is 0 Å². The SMILES string of the molecule is O=C(O)C1(C(=O)NC2CCOc3c(Cl)cccc32)CC1. The molecule has 1 aliphatic heterocycles. The van der Waals surface area contributed by atoms with E-state index < -0.39 is 17.3 Å². The third-order valence-corrected chi connectivity index (χ3v) is 4.22. The third-order valence-electron chi connectivity index (χ3n) is 3.93. The van der Waals surface area contributed by atoms with Crippen LogP contribution in [-0.4, -0.2) is 23.6 Å². The summed E-state index contributed by atoms with van der Waals surface area (Å²) in [5.41, 5.74) is -0.421. The molecule has 0 bridgehead atoms. The van der Waals surface area contributed by atoms with Gasteiger partial charge in [-0.05, 0) is 18.9 Å². The van der Waals surface area contributed by atoms with E-state index in [1.54, 1.807) is 12.1 Å². The van der Waals surface area contributed by atoms with Crippen molar-refractivity contribution in [2.45, 2.75) is 25.3 Å². The predicted octanol–water partition coefficient (Wildman–Crippen LogP) is 2.14. The second-order valence-electron chi connectivity index (χ2n) is 5.21. The molecule has 0 aromatic heterocycles. The molecule has 1 fully saturated rings. The van der Waals surface area contributed by atoms with Gasteiger partial charge in [0, 0.05) is 12.0 Å². The maximum absolute atomic E-state index is 12.2. The minimum atomic E-state index is -1.23. The second-order valence-corrected chi connectivity index (χ2v) is 5.62. The van der Waals surface area contributed by atoms with Crippen LogP contribution in [0.4, 0.5) is 0 Å². The maximum Gasteiger partial charge on any atom is 0.319 e. The number of carbonyl (C=O) groups excluding carboxylic acids is 1. The van der Waals surface area contributed by atoms with Crippen LogP contribution in [0.3, 0.4) is 0 Å². The standard InChI is InChI=1S/C14H14ClNO4/c15-9-3-1-2-8-10(4-7-20-11(8)9)16-12(17)14(5-6-14)13(18)19/h1-3,10H,4-7H2,(H,16,17)(H,18,19). The Hall–Kier alpha value is -1.75. The van der Waals surface area contributed by atoms with Crippen molar-refractivity contribution in [1.29, 1.82) is 0 Å². The van der Waals surface area contributed by atoms with E-state index in [1.165, 1.54) is 0 Å². The third kappa shape index (κ3) is 2.02. The highest BCUT2D eigenvalue weighted by Crippen LogP contribution is 2.47. The Morgan fingerprint density at radius 1 is 1.40 bits per heavy atom. The Kier molecular flexibility index (Phi) is 3.09. The number of hydrogen-bond donors (Lipinski definition) is 2. The van der Waals surface area contributed by atoms with Crippen LogP contribution in [0.5, 0.6) is 5.75 Å². The first-order valence-corrected chi connectivity index (χ1v) is 6.88. The van der Waals surface area contributed by atoms with E-state index in [-0.39, 0.29) is 6.04 Å². The Bertz CT molecular complexity index is 583. The number of rotatable bonds is 3.